The predicted molar refractivity (Wildman–Crippen MR) is 109 cm³/mol. The number of carbonyl (C=O) groups excluding carboxylic acids is 1. The van der Waals surface area contributed by atoms with E-state index in [1.807, 2.05) is 29.8 Å². The Morgan fingerprint density at radius 2 is 1.68 bits per heavy atom. The second-order valence-electron chi connectivity index (χ2n) is 6.64. The van der Waals surface area contributed by atoms with Crippen LogP contribution in [-0.4, -0.2) is 18.9 Å². The van der Waals surface area contributed by atoms with Crippen LogP contribution in [0.4, 0.5) is 5.69 Å². The summed E-state index contributed by atoms with van der Waals surface area (Å²) in [7, 11) is -3.65. The maximum Gasteiger partial charge on any atom is 0.240 e. The van der Waals surface area contributed by atoms with Crippen molar-refractivity contribution in [2.45, 2.75) is 31.8 Å². The van der Waals surface area contributed by atoms with E-state index in [1.165, 1.54) is 24.6 Å². The molecule has 3 aromatic rings. The van der Waals surface area contributed by atoms with E-state index in [1.54, 1.807) is 12.1 Å². The number of carbonyl (C=O) groups is 1. The lowest BCUT2D eigenvalue weighted by atomic mass is 10.1. The molecule has 28 heavy (non-hydrogen) atoms. The van der Waals surface area contributed by atoms with E-state index in [0.717, 1.165) is 11.3 Å². The van der Waals surface area contributed by atoms with Gasteiger partial charge in [-0.15, -0.1) is 0 Å². The molecule has 1 heterocycles. The van der Waals surface area contributed by atoms with Crippen LogP contribution in [0.25, 0.3) is 0 Å². The number of anilines is 1. The number of hydrogen-bond donors (Lipinski definition) is 2. The molecular formula is C21H23N3O3S. The molecule has 0 bridgehead atoms. The summed E-state index contributed by atoms with van der Waals surface area (Å²) in [6, 6.07) is 18.1. The molecule has 0 aliphatic heterocycles. The van der Waals surface area contributed by atoms with Crippen molar-refractivity contribution < 1.29 is 13.2 Å². The second kappa shape index (κ2) is 8.41. The molecule has 7 heteroatoms. The zero-order valence-electron chi connectivity index (χ0n) is 15.8. The molecule has 146 valence electrons. The van der Waals surface area contributed by atoms with Gasteiger partial charge in [0.25, 0.3) is 0 Å². The highest BCUT2D eigenvalue weighted by Crippen LogP contribution is 2.15. The standard InChI is InChI=1S/C21H23N3O3S/c1-16-5-7-18(8-6-16)15-24-13-3-4-20(24)14-22-28(26,27)21-11-9-19(10-12-21)23-17(2)25/h3-13,22H,14-15H2,1-2H3,(H,23,25). The number of nitrogens with one attached hydrogen (secondary N) is 2. The Morgan fingerprint density at radius 1 is 1.00 bits per heavy atom. The van der Waals surface area contributed by atoms with Gasteiger partial charge in [0.15, 0.2) is 0 Å². The van der Waals surface area contributed by atoms with E-state index in [-0.39, 0.29) is 17.3 Å². The molecule has 6 nitrogen and oxygen atoms in total. The monoisotopic (exact) mass is 397 g/mol. The average Bonchev–Trinajstić information content (AvgIpc) is 3.09. The summed E-state index contributed by atoms with van der Waals surface area (Å²) in [5, 5.41) is 2.61. The molecule has 0 radical (unpaired) electrons. The van der Waals surface area contributed by atoms with Gasteiger partial charge in [0.2, 0.25) is 15.9 Å². The number of aromatic nitrogens is 1. The topological polar surface area (TPSA) is 80.2 Å². The number of hydrogen-bond acceptors (Lipinski definition) is 3. The van der Waals surface area contributed by atoms with E-state index < -0.39 is 10.0 Å². The van der Waals surface area contributed by atoms with Gasteiger partial charge < -0.3 is 9.88 Å². The molecule has 0 aliphatic carbocycles. The Morgan fingerprint density at radius 3 is 2.32 bits per heavy atom. The Labute approximate surface area is 165 Å². The Bertz CT molecular complexity index is 1050. The second-order valence-corrected chi connectivity index (χ2v) is 8.41. The third-order valence-corrected chi connectivity index (χ3v) is 5.74. The van der Waals surface area contributed by atoms with Crippen LogP contribution in [0, 0.1) is 6.92 Å². The highest BCUT2D eigenvalue weighted by molar-refractivity contribution is 7.89. The fourth-order valence-corrected chi connectivity index (χ4v) is 3.83. The minimum atomic E-state index is -3.65. The van der Waals surface area contributed by atoms with Gasteiger partial charge in [0.05, 0.1) is 11.4 Å². The fourth-order valence-electron chi connectivity index (χ4n) is 2.83. The predicted octanol–water partition coefficient (Wildman–Crippen LogP) is 3.28. The van der Waals surface area contributed by atoms with E-state index in [0.29, 0.717) is 12.2 Å². The fraction of sp³-hybridized carbons (Fsp3) is 0.190. The third-order valence-electron chi connectivity index (χ3n) is 4.33. The molecule has 0 atom stereocenters. The van der Waals surface area contributed by atoms with Crippen LogP contribution in [-0.2, 0) is 27.9 Å². The Balaban J connectivity index is 1.67. The normalized spacial score (nSPS) is 11.4. The molecule has 0 aliphatic rings. The van der Waals surface area contributed by atoms with E-state index >= 15 is 0 Å². The first kappa shape index (κ1) is 19.9. The van der Waals surface area contributed by atoms with E-state index in [2.05, 4.69) is 34.3 Å². The van der Waals surface area contributed by atoms with Crippen LogP contribution in [0.15, 0.2) is 71.8 Å². The zero-order chi connectivity index (χ0) is 20.1. The minimum Gasteiger partial charge on any atom is -0.346 e. The SMILES string of the molecule is CC(=O)Nc1ccc(S(=O)(=O)NCc2cccn2Cc2ccc(C)cc2)cc1. The molecule has 0 unspecified atom stereocenters. The van der Waals surface area contributed by atoms with Crippen LogP contribution in [0.3, 0.4) is 0 Å². The van der Waals surface area contributed by atoms with Gasteiger partial charge >= 0.3 is 0 Å². The first-order valence-electron chi connectivity index (χ1n) is 8.90. The highest BCUT2D eigenvalue weighted by Gasteiger charge is 2.15. The molecule has 1 aromatic heterocycles. The van der Waals surface area contributed by atoms with Crippen LogP contribution >= 0.6 is 0 Å². The van der Waals surface area contributed by atoms with Crippen molar-refractivity contribution in [1.82, 2.24) is 9.29 Å². The molecule has 0 saturated carbocycles. The highest BCUT2D eigenvalue weighted by atomic mass is 32.2. The first-order chi connectivity index (χ1) is 13.3. The maximum atomic E-state index is 12.6. The van der Waals surface area contributed by atoms with Crippen molar-refractivity contribution in [3.8, 4) is 0 Å². The Hall–Kier alpha value is -2.90. The molecule has 2 aromatic carbocycles. The van der Waals surface area contributed by atoms with Crippen molar-refractivity contribution in [3.05, 3.63) is 83.7 Å². The summed E-state index contributed by atoms with van der Waals surface area (Å²) in [4.78, 5) is 11.2. The zero-order valence-corrected chi connectivity index (χ0v) is 16.7. The molecule has 2 N–H and O–H groups in total. The molecule has 0 fully saturated rings. The lowest BCUT2D eigenvalue weighted by molar-refractivity contribution is -0.114. The van der Waals surface area contributed by atoms with Crippen LogP contribution in [0.1, 0.15) is 23.7 Å². The molecule has 0 spiro atoms. The summed E-state index contributed by atoms with van der Waals surface area (Å²) in [5.41, 5.74) is 3.78. The maximum absolute atomic E-state index is 12.6. The van der Waals surface area contributed by atoms with Crippen LogP contribution in [0.5, 0.6) is 0 Å². The van der Waals surface area contributed by atoms with Gasteiger partial charge in [-0.25, -0.2) is 13.1 Å². The third kappa shape index (κ3) is 5.09. The van der Waals surface area contributed by atoms with Crippen LogP contribution < -0.4 is 10.0 Å². The van der Waals surface area contributed by atoms with Crippen LogP contribution in [0.2, 0.25) is 0 Å². The van der Waals surface area contributed by atoms with Crippen molar-refractivity contribution in [1.29, 1.82) is 0 Å². The van der Waals surface area contributed by atoms with Gasteiger partial charge in [-0.1, -0.05) is 29.8 Å². The number of nitrogens with zero attached hydrogens (tertiary/aromatic N) is 1. The lowest BCUT2D eigenvalue weighted by Crippen LogP contribution is -2.24. The average molecular weight is 398 g/mol. The van der Waals surface area contributed by atoms with E-state index in [9.17, 15) is 13.2 Å². The van der Waals surface area contributed by atoms with Gasteiger partial charge in [-0.05, 0) is 48.9 Å². The van der Waals surface area contributed by atoms with Gasteiger partial charge in [0, 0.05) is 31.0 Å². The minimum absolute atomic E-state index is 0.151. The summed E-state index contributed by atoms with van der Waals surface area (Å²) in [6.45, 7) is 4.31. The molecule has 3 rings (SSSR count). The first-order valence-corrected chi connectivity index (χ1v) is 10.4. The van der Waals surface area contributed by atoms with Gasteiger partial charge in [0.1, 0.15) is 0 Å². The number of amides is 1. The molecule has 1 amide bonds. The summed E-state index contributed by atoms with van der Waals surface area (Å²) in [6.07, 6.45) is 1.94. The number of aryl methyl sites for hydroxylation is 1. The molecule has 0 saturated heterocycles. The van der Waals surface area contributed by atoms with Crippen molar-refractivity contribution in [2.75, 3.05) is 5.32 Å². The largest absolute Gasteiger partial charge is 0.346 e. The number of benzene rings is 2. The van der Waals surface area contributed by atoms with Crippen molar-refractivity contribution in [2.24, 2.45) is 0 Å². The lowest BCUT2D eigenvalue weighted by Gasteiger charge is -2.12. The van der Waals surface area contributed by atoms with Gasteiger partial charge in [-0.2, -0.15) is 0 Å². The summed E-state index contributed by atoms with van der Waals surface area (Å²) >= 11 is 0. The molecular weight excluding hydrogens is 374 g/mol. The van der Waals surface area contributed by atoms with Gasteiger partial charge in [-0.3, -0.25) is 4.79 Å². The summed E-state index contributed by atoms with van der Waals surface area (Å²) < 4.78 is 29.8. The number of rotatable bonds is 7. The smallest absolute Gasteiger partial charge is 0.240 e. The summed E-state index contributed by atoms with van der Waals surface area (Å²) in [5.74, 6) is -0.205. The van der Waals surface area contributed by atoms with Crippen molar-refractivity contribution in [3.63, 3.8) is 0 Å². The van der Waals surface area contributed by atoms with Crippen molar-refractivity contribution >= 4 is 21.6 Å². The van der Waals surface area contributed by atoms with E-state index in [4.69, 9.17) is 0 Å². The number of sulfonamides is 1. The Kier molecular flexibility index (Phi) is 5.96. The quantitative estimate of drug-likeness (QED) is 0.642.